The van der Waals surface area contributed by atoms with E-state index in [2.05, 4.69) is 31.5 Å². The van der Waals surface area contributed by atoms with E-state index in [4.69, 9.17) is 17.3 Å². The Labute approximate surface area is 123 Å². The van der Waals surface area contributed by atoms with E-state index in [1.807, 2.05) is 0 Å². The number of anilines is 3. The van der Waals surface area contributed by atoms with Crippen LogP contribution >= 0.6 is 27.5 Å². The highest BCUT2D eigenvalue weighted by atomic mass is 79.9. The Bertz CT molecular complexity index is 620. The second-order valence-electron chi connectivity index (χ2n) is 3.69. The summed E-state index contributed by atoms with van der Waals surface area (Å²) >= 11 is 9.09. The molecule has 0 spiro atoms. The Hall–Kier alpha value is -1.79. The van der Waals surface area contributed by atoms with Gasteiger partial charge in [-0.1, -0.05) is 17.7 Å². The lowest BCUT2D eigenvalue weighted by Crippen LogP contribution is -2.20. The van der Waals surface area contributed by atoms with Crippen LogP contribution < -0.4 is 16.4 Å². The second kappa shape index (κ2) is 5.90. The van der Waals surface area contributed by atoms with Crippen molar-refractivity contribution in [3.8, 4) is 0 Å². The van der Waals surface area contributed by atoms with E-state index in [1.165, 1.54) is 6.20 Å². The first-order valence-electron chi connectivity index (χ1n) is 5.29. The number of hydrogen-bond acceptors (Lipinski definition) is 3. The van der Waals surface area contributed by atoms with Crippen molar-refractivity contribution in [3.63, 3.8) is 0 Å². The van der Waals surface area contributed by atoms with Gasteiger partial charge in [-0.15, -0.1) is 0 Å². The van der Waals surface area contributed by atoms with Crippen LogP contribution in [0.4, 0.5) is 22.0 Å². The summed E-state index contributed by atoms with van der Waals surface area (Å²) < 4.78 is 0.605. The van der Waals surface area contributed by atoms with Gasteiger partial charge in [0.25, 0.3) is 0 Å². The number of urea groups is 1. The molecule has 0 saturated heterocycles. The summed E-state index contributed by atoms with van der Waals surface area (Å²) in [5, 5.41) is 5.79. The van der Waals surface area contributed by atoms with E-state index in [0.717, 1.165) is 0 Å². The normalized spacial score (nSPS) is 10.0. The maximum Gasteiger partial charge on any atom is 0.324 e. The maximum absolute atomic E-state index is 11.8. The van der Waals surface area contributed by atoms with Gasteiger partial charge in [0.1, 0.15) is 5.82 Å². The number of nitrogens with two attached hydrogens (primary N) is 1. The van der Waals surface area contributed by atoms with Gasteiger partial charge >= 0.3 is 6.03 Å². The van der Waals surface area contributed by atoms with Crippen LogP contribution in [0, 0.1) is 0 Å². The Morgan fingerprint density at radius 1 is 1.32 bits per heavy atom. The van der Waals surface area contributed by atoms with Crippen LogP contribution in [0.15, 0.2) is 41.0 Å². The fourth-order valence-corrected chi connectivity index (χ4v) is 2.04. The average molecular weight is 342 g/mol. The molecule has 7 heteroatoms. The van der Waals surface area contributed by atoms with E-state index in [9.17, 15) is 4.79 Å². The number of hydrogen-bond donors (Lipinski definition) is 3. The molecule has 0 atom stereocenters. The van der Waals surface area contributed by atoms with Crippen molar-refractivity contribution in [1.82, 2.24) is 4.98 Å². The Morgan fingerprint density at radius 2 is 2.11 bits per heavy atom. The fraction of sp³-hybridized carbons (Fsp3) is 0. The SMILES string of the molecule is Nc1cnc(NC(=O)Nc2cccc(Cl)c2)c(Br)c1. The summed E-state index contributed by atoms with van der Waals surface area (Å²) in [5.74, 6) is 0.383. The largest absolute Gasteiger partial charge is 0.397 e. The van der Waals surface area contributed by atoms with Gasteiger partial charge in [0, 0.05) is 10.7 Å². The molecule has 0 unspecified atom stereocenters. The standard InChI is InChI=1S/C12H10BrClN4O/c13-10-5-8(15)6-16-11(10)18-12(19)17-9-3-1-2-7(14)4-9/h1-6H,15H2,(H2,16,17,18,19). The number of carbonyl (C=O) groups excluding carboxylic acids is 1. The first kappa shape index (κ1) is 13.6. The monoisotopic (exact) mass is 340 g/mol. The lowest BCUT2D eigenvalue weighted by atomic mass is 10.3. The molecule has 0 aliphatic carbocycles. The van der Waals surface area contributed by atoms with Crippen molar-refractivity contribution in [2.75, 3.05) is 16.4 Å². The third-order valence-electron chi connectivity index (χ3n) is 2.18. The van der Waals surface area contributed by atoms with Crippen molar-refractivity contribution < 1.29 is 4.79 Å². The minimum Gasteiger partial charge on any atom is -0.397 e. The molecule has 1 heterocycles. The number of benzene rings is 1. The molecular formula is C12H10BrClN4O. The molecule has 0 radical (unpaired) electrons. The highest BCUT2D eigenvalue weighted by Gasteiger charge is 2.07. The van der Waals surface area contributed by atoms with Crippen LogP contribution in [0.25, 0.3) is 0 Å². The van der Waals surface area contributed by atoms with Gasteiger partial charge in [0.05, 0.1) is 16.4 Å². The fourth-order valence-electron chi connectivity index (χ4n) is 1.38. The van der Waals surface area contributed by atoms with Gasteiger partial charge in [-0.05, 0) is 40.2 Å². The van der Waals surface area contributed by atoms with Crippen LogP contribution in [-0.4, -0.2) is 11.0 Å². The van der Waals surface area contributed by atoms with Gasteiger partial charge in [0.2, 0.25) is 0 Å². The lowest BCUT2D eigenvalue weighted by molar-refractivity contribution is 0.262. The van der Waals surface area contributed by atoms with Gasteiger partial charge in [-0.3, -0.25) is 5.32 Å². The molecule has 19 heavy (non-hydrogen) atoms. The summed E-state index contributed by atoms with van der Waals surface area (Å²) in [6.07, 6.45) is 1.46. The van der Waals surface area contributed by atoms with Gasteiger partial charge < -0.3 is 11.1 Å². The van der Waals surface area contributed by atoms with Crippen LogP contribution in [-0.2, 0) is 0 Å². The Morgan fingerprint density at radius 3 is 2.79 bits per heavy atom. The number of rotatable bonds is 2. The summed E-state index contributed by atoms with van der Waals surface area (Å²) in [7, 11) is 0. The zero-order chi connectivity index (χ0) is 13.8. The third-order valence-corrected chi connectivity index (χ3v) is 3.02. The van der Waals surface area contributed by atoms with Crippen LogP contribution in [0.5, 0.6) is 0 Å². The highest BCUT2D eigenvalue weighted by molar-refractivity contribution is 9.10. The molecule has 1 aromatic heterocycles. The predicted octanol–water partition coefficient (Wildman–Crippen LogP) is 3.72. The topological polar surface area (TPSA) is 80.0 Å². The van der Waals surface area contributed by atoms with Gasteiger partial charge in [-0.2, -0.15) is 0 Å². The van der Waals surface area contributed by atoms with E-state index in [0.29, 0.717) is 26.7 Å². The summed E-state index contributed by atoms with van der Waals surface area (Å²) in [6.45, 7) is 0. The molecular weight excluding hydrogens is 332 g/mol. The molecule has 0 bridgehead atoms. The molecule has 2 amide bonds. The Balaban J connectivity index is 2.05. The molecule has 5 nitrogen and oxygen atoms in total. The minimum atomic E-state index is -0.416. The first-order valence-corrected chi connectivity index (χ1v) is 6.46. The molecule has 2 aromatic rings. The predicted molar refractivity (Wildman–Crippen MR) is 80.4 cm³/mol. The summed E-state index contributed by atoms with van der Waals surface area (Å²) in [6, 6.07) is 8.09. The third kappa shape index (κ3) is 3.84. The number of aromatic nitrogens is 1. The lowest BCUT2D eigenvalue weighted by Gasteiger charge is -2.08. The van der Waals surface area contributed by atoms with Crippen molar-refractivity contribution in [2.45, 2.75) is 0 Å². The molecule has 98 valence electrons. The van der Waals surface area contributed by atoms with Crippen molar-refractivity contribution >= 4 is 50.8 Å². The molecule has 0 aliphatic rings. The van der Waals surface area contributed by atoms with E-state index in [1.54, 1.807) is 30.3 Å². The first-order chi connectivity index (χ1) is 9.04. The zero-order valence-electron chi connectivity index (χ0n) is 9.65. The molecule has 0 aliphatic heterocycles. The van der Waals surface area contributed by atoms with Crippen LogP contribution in [0.3, 0.4) is 0 Å². The van der Waals surface area contributed by atoms with E-state index < -0.39 is 6.03 Å². The quantitative estimate of drug-likeness (QED) is 0.778. The highest BCUT2D eigenvalue weighted by Crippen LogP contribution is 2.22. The number of amides is 2. The number of nitrogens with one attached hydrogen (secondary N) is 2. The molecule has 2 rings (SSSR count). The molecule has 0 fully saturated rings. The molecule has 1 aromatic carbocycles. The van der Waals surface area contributed by atoms with Crippen molar-refractivity contribution in [3.05, 3.63) is 46.0 Å². The van der Waals surface area contributed by atoms with E-state index in [-0.39, 0.29) is 0 Å². The second-order valence-corrected chi connectivity index (χ2v) is 4.98. The van der Waals surface area contributed by atoms with E-state index >= 15 is 0 Å². The zero-order valence-corrected chi connectivity index (χ0v) is 12.0. The van der Waals surface area contributed by atoms with Crippen molar-refractivity contribution in [2.24, 2.45) is 0 Å². The summed E-state index contributed by atoms with van der Waals surface area (Å²) in [4.78, 5) is 15.8. The van der Waals surface area contributed by atoms with Crippen LogP contribution in [0.1, 0.15) is 0 Å². The average Bonchev–Trinajstić information content (AvgIpc) is 2.33. The Kier molecular flexibility index (Phi) is 4.24. The maximum atomic E-state index is 11.8. The number of carbonyl (C=O) groups is 1. The number of nitrogens with zero attached hydrogens (tertiary/aromatic N) is 1. The number of pyridine rings is 1. The molecule has 0 saturated carbocycles. The number of halogens is 2. The smallest absolute Gasteiger partial charge is 0.324 e. The minimum absolute atomic E-state index is 0.383. The number of nitrogen functional groups attached to an aromatic ring is 1. The molecule has 4 N–H and O–H groups in total. The van der Waals surface area contributed by atoms with Crippen molar-refractivity contribution in [1.29, 1.82) is 0 Å². The van der Waals surface area contributed by atoms with Gasteiger partial charge in [0.15, 0.2) is 0 Å². The van der Waals surface area contributed by atoms with Crippen LogP contribution in [0.2, 0.25) is 5.02 Å². The van der Waals surface area contributed by atoms with Gasteiger partial charge in [-0.25, -0.2) is 9.78 Å². The summed E-state index contributed by atoms with van der Waals surface area (Å²) in [5.41, 5.74) is 6.66.